The number of hydrogen-bond acceptors (Lipinski definition) is 6. The molecule has 2 aromatic carbocycles. The minimum Gasteiger partial charge on any atom is -0.467 e. The van der Waals surface area contributed by atoms with E-state index < -0.39 is 21.8 Å². The van der Waals surface area contributed by atoms with Gasteiger partial charge in [-0.1, -0.05) is 18.5 Å². The van der Waals surface area contributed by atoms with Crippen LogP contribution in [0.5, 0.6) is 5.75 Å². The first-order valence-corrected chi connectivity index (χ1v) is 12.1. The summed E-state index contributed by atoms with van der Waals surface area (Å²) in [6.45, 7) is 2.79. The van der Waals surface area contributed by atoms with Gasteiger partial charge in [0, 0.05) is 24.2 Å². The van der Waals surface area contributed by atoms with Crippen molar-refractivity contribution >= 4 is 27.6 Å². The van der Waals surface area contributed by atoms with Crippen LogP contribution in [-0.2, 0) is 32.7 Å². The highest BCUT2D eigenvalue weighted by atomic mass is 35.5. The second kappa shape index (κ2) is 9.35. The predicted molar refractivity (Wildman–Crippen MR) is 114 cm³/mol. The van der Waals surface area contributed by atoms with Crippen LogP contribution in [0.25, 0.3) is 0 Å². The number of nitrogens with zero attached hydrogens (tertiary/aromatic N) is 1. The van der Waals surface area contributed by atoms with Crippen molar-refractivity contribution in [2.75, 3.05) is 19.9 Å². The van der Waals surface area contributed by atoms with E-state index in [9.17, 15) is 17.6 Å². The Kier molecular flexibility index (Phi) is 6.71. The van der Waals surface area contributed by atoms with Crippen LogP contribution in [0.15, 0.2) is 35.2 Å². The Morgan fingerprint density at radius 2 is 2.12 bits per heavy atom. The number of carbonyl (C=O) groups excluding carboxylic acids is 1. The third kappa shape index (κ3) is 4.76. The number of fused-ring (bicyclic) bond motifs is 1. The second-order valence-corrected chi connectivity index (χ2v) is 10.3. The van der Waals surface area contributed by atoms with E-state index >= 15 is 0 Å². The second-order valence-electron chi connectivity index (χ2n) is 8.00. The fraction of sp³-hybridized carbons (Fsp3) is 0.409. The average Bonchev–Trinajstić information content (AvgIpc) is 2.77. The van der Waals surface area contributed by atoms with Crippen molar-refractivity contribution in [1.82, 2.24) is 4.31 Å². The standard InChI is InChI=1S/C22H23ClFNO6S/c1-14-3-2-6-25(10-14)32(27,28)20-9-15(4-5-19(20)23)22(26)30-12-17-8-18(24)7-16-11-29-13-31-21(16)17/h4-5,7-9,14H,2-3,6,10-13H2,1H3. The number of halogens is 2. The van der Waals surface area contributed by atoms with Gasteiger partial charge < -0.3 is 14.2 Å². The third-order valence-electron chi connectivity index (χ3n) is 5.51. The largest absolute Gasteiger partial charge is 0.467 e. The van der Waals surface area contributed by atoms with Gasteiger partial charge in [-0.15, -0.1) is 0 Å². The van der Waals surface area contributed by atoms with Gasteiger partial charge >= 0.3 is 5.97 Å². The van der Waals surface area contributed by atoms with Gasteiger partial charge in [-0.2, -0.15) is 4.31 Å². The Balaban J connectivity index is 1.54. The zero-order valence-electron chi connectivity index (χ0n) is 17.5. The number of benzene rings is 2. The molecule has 32 heavy (non-hydrogen) atoms. The molecule has 0 N–H and O–H groups in total. The Morgan fingerprint density at radius 3 is 2.91 bits per heavy atom. The molecule has 0 radical (unpaired) electrons. The summed E-state index contributed by atoms with van der Waals surface area (Å²) in [6, 6.07) is 6.52. The molecule has 0 aromatic heterocycles. The maximum Gasteiger partial charge on any atom is 0.338 e. The molecule has 2 heterocycles. The maximum atomic E-state index is 13.9. The zero-order valence-corrected chi connectivity index (χ0v) is 19.0. The molecule has 0 spiro atoms. The number of piperidine rings is 1. The first-order valence-electron chi connectivity index (χ1n) is 10.2. The summed E-state index contributed by atoms with van der Waals surface area (Å²) in [5.41, 5.74) is 0.922. The molecule has 10 heteroatoms. The SMILES string of the molecule is CC1CCCN(S(=O)(=O)c2cc(C(=O)OCc3cc(F)cc4c3OCOC4)ccc2Cl)C1. The van der Waals surface area contributed by atoms with E-state index in [4.69, 9.17) is 25.8 Å². The molecular weight excluding hydrogens is 461 g/mol. The number of sulfonamides is 1. The molecule has 1 fully saturated rings. The molecule has 0 aliphatic carbocycles. The summed E-state index contributed by atoms with van der Waals surface area (Å²) in [6.07, 6.45) is 1.73. The number of esters is 1. The summed E-state index contributed by atoms with van der Waals surface area (Å²) in [7, 11) is -3.86. The van der Waals surface area contributed by atoms with Crippen LogP contribution >= 0.6 is 11.6 Å². The maximum absolute atomic E-state index is 13.9. The fourth-order valence-electron chi connectivity index (χ4n) is 3.92. The fourth-order valence-corrected chi connectivity index (χ4v) is 6.02. The van der Waals surface area contributed by atoms with E-state index in [-0.39, 0.29) is 41.4 Å². The van der Waals surface area contributed by atoms with Crippen LogP contribution < -0.4 is 4.74 Å². The highest BCUT2D eigenvalue weighted by Crippen LogP contribution is 2.31. The summed E-state index contributed by atoms with van der Waals surface area (Å²) in [5, 5.41) is 0.0346. The van der Waals surface area contributed by atoms with Crippen molar-refractivity contribution in [1.29, 1.82) is 0 Å². The molecule has 2 aromatic rings. The lowest BCUT2D eigenvalue weighted by atomic mass is 10.0. The van der Waals surface area contributed by atoms with Crippen molar-refractivity contribution in [3.8, 4) is 5.75 Å². The number of hydrogen-bond donors (Lipinski definition) is 0. The molecule has 2 aliphatic heterocycles. The molecular formula is C22H23ClFNO6S. The van der Waals surface area contributed by atoms with E-state index in [0.717, 1.165) is 12.8 Å². The molecule has 4 rings (SSSR count). The Morgan fingerprint density at radius 1 is 1.31 bits per heavy atom. The highest BCUT2D eigenvalue weighted by Gasteiger charge is 2.31. The van der Waals surface area contributed by atoms with Gasteiger partial charge in [-0.25, -0.2) is 17.6 Å². The van der Waals surface area contributed by atoms with Crippen LogP contribution in [0.4, 0.5) is 4.39 Å². The van der Waals surface area contributed by atoms with Crippen LogP contribution in [0, 0.1) is 11.7 Å². The Bertz CT molecular complexity index is 1140. The minimum absolute atomic E-state index is 0.0209. The van der Waals surface area contributed by atoms with Gasteiger partial charge in [0.25, 0.3) is 0 Å². The van der Waals surface area contributed by atoms with Gasteiger partial charge in [0.05, 0.1) is 17.2 Å². The van der Waals surface area contributed by atoms with Gasteiger partial charge in [0.1, 0.15) is 23.1 Å². The number of rotatable bonds is 5. The average molecular weight is 484 g/mol. The Hall–Kier alpha value is -2.20. The normalized spacial score (nSPS) is 19.2. The summed E-state index contributed by atoms with van der Waals surface area (Å²) >= 11 is 6.18. The van der Waals surface area contributed by atoms with Crippen molar-refractivity contribution in [2.45, 2.75) is 37.9 Å². The van der Waals surface area contributed by atoms with Gasteiger partial charge in [-0.05, 0) is 49.1 Å². The van der Waals surface area contributed by atoms with E-state index in [1.54, 1.807) is 0 Å². The molecule has 0 amide bonds. The topological polar surface area (TPSA) is 82.1 Å². The van der Waals surface area contributed by atoms with E-state index in [2.05, 4.69) is 0 Å². The lowest BCUT2D eigenvalue weighted by Crippen LogP contribution is -2.39. The smallest absolute Gasteiger partial charge is 0.338 e. The zero-order chi connectivity index (χ0) is 22.9. The van der Waals surface area contributed by atoms with Crippen LogP contribution in [-0.4, -0.2) is 38.6 Å². The van der Waals surface area contributed by atoms with Gasteiger partial charge in [0.2, 0.25) is 10.0 Å². The highest BCUT2D eigenvalue weighted by molar-refractivity contribution is 7.89. The van der Waals surface area contributed by atoms with E-state index in [0.29, 0.717) is 30.0 Å². The number of carbonyl (C=O) groups is 1. The Labute approximate surface area is 191 Å². The van der Waals surface area contributed by atoms with Gasteiger partial charge in [-0.3, -0.25) is 0 Å². The van der Waals surface area contributed by atoms with Crippen LogP contribution in [0.3, 0.4) is 0 Å². The predicted octanol–water partition coefficient (Wildman–Crippen LogP) is 4.12. The first-order chi connectivity index (χ1) is 15.3. The molecule has 0 bridgehead atoms. The monoisotopic (exact) mass is 483 g/mol. The summed E-state index contributed by atoms with van der Waals surface area (Å²) in [4.78, 5) is 12.5. The lowest BCUT2D eigenvalue weighted by Gasteiger charge is -2.30. The quantitative estimate of drug-likeness (QED) is 0.595. The third-order valence-corrected chi connectivity index (χ3v) is 7.86. The molecule has 1 unspecified atom stereocenters. The first kappa shape index (κ1) is 23.0. The summed E-state index contributed by atoms with van der Waals surface area (Å²) < 4.78 is 57.4. The number of ether oxygens (including phenoxy) is 3. The lowest BCUT2D eigenvalue weighted by molar-refractivity contribution is -0.0182. The molecule has 172 valence electrons. The van der Waals surface area contributed by atoms with Crippen molar-refractivity contribution < 1.29 is 31.8 Å². The molecule has 2 aliphatic rings. The van der Waals surface area contributed by atoms with Crippen LogP contribution in [0.1, 0.15) is 41.3 Å². The van der Waals surface area contributed by atoms with E-state index in [1.807, 2.05) is 6.92 Å². The molecule has 1 saturated heterocycles. The minimum atomic E-state index is -3.86. The van der Waals surface area contributed by atoms with Crippen molar-refractivity contribution in [2.24, 2.45) is 5.92 Å². The molecule has 7 nitrogen and oxygen atoms in total. The molecule has 1 atom stereocenters. The van der Waals surface area contributed by atoms with E-state index in [1.165, 1.54) is 34.6 Å². The summed E-state index contributed by atoms with van der Waals surface area (Å²) in [5.74, 6) is -0.589. The molecule has 0 saturated carbocycles. The van der Waals surface area contributed by atoms with Gasteiger partial charge in [0.15, 0.2) is 6.79 Å². The van der Waals surface area contributed by atoms with Crippen molar-refractivity contribution in [3.05, 3.63) is 57.9 Å². The van der Waals surface area contributed by atoms with Crippen molar-refractivity contribution in [3.63, 3.8) is 0 Å². The van der Waals surface area contributed by atoms with Crippen LogP contribution in [0.2, 0.25) is 5.02 Å².